The number of furan rings is 1. The summed E-state index contributed by atoms with van der Waals surface area (Å²) in [5.74, 6) is 0.600. The van der Waals surface area contributed by atoms with Crippen LogP contribution in [0.1, 0.15) is 51.3 Å². The average molecular weight is 804 g/mol. The minimum atomic E-state index is -1.37. The molecule has 0 aliphatic rings. The fourth-order valence-electron chi connectivity index (χ4n) is 5.72. The predicted octanol–water partition coefficient (Wildman–Crippen LogP) is 10.0. The summed E-state index contributed by atoms with van der Waals surface area (Å²) >= 11 is 0. The Hall–Kier alpha value is -3.44. The molecule has 46 heavy (non-hydrogen) atoms. The van der Waals surface area contributed by atoms with Gasteiger partial charge in [-0.05, 0) is 77.1 Å². The number of fused-ring (bicyclic) bond motifs is 3. The molecule has 0 atom stereocenters. The average Bonchev–Trinajstić information content (AvgIpc) is 3.36. The molecular formula is C40H45IrN3OSi-2. The molecule has 4 aromatic heterocycles. The third-order valence-corrected chi connectivity index (χ3v) is 9.90. The minimum Gasteiger partial charge on any atom is -0.500 e. The van der Waals surface area contributed by atoms with Crippen molar-refractivity contribution in [3.63, 3.8) is 0 Å². The van der Waals surface area contributed by atoms with Gasteiger partial charge in [0, 0.05) is 37.9 Å². The SMILES string of the molecule is CC(C)(C)Cc1cc(-c2[c-]cccc2)ncc1[Si](C)(C)C.Cc1cnc(-c2[c-]ncc3c2oc2ccccc23)cc1CC(C)C.[Ir]. The van der Waals surface area contributed by atoms with Gasteiger partial charge in [-0.1, -0.05) is 101 Å². The van der Waals surface area contributed by atoms with Crippen molar-refractivity contribution in [1.82, 2.24) is 15.0 Å². The first-order valence-electron chi connectivity index (χ1n) is 15.9. The Kier molecular flexibility index (Phi) is 11.2. The van der Waals surface area contributed by atoms with Gasteiger partial charge in [-0.2, -0.15) is 0 Å². The van der Waals surface area contributed by atoms with Crippen LogP contribution in [-0.2, 0) is 32.9 Å². The largest absolute Gasteiger partial charge is 0.500 e. The maximum atomic E-state index is 6.08. The second kappa shape index (κ2) is 14.5. The van der Waals surface area contributed by atoms with Gasteiger partial charge >= 0.3 is 0 Å². The normalized spacial score (nSPS) is 11.8. The molecule has 241 valence electrons. The van der Waals surface area contributed by atoms with Crippen LogP contribution < -0.4 is 5.19 Å². The Morgan fingerprint density at radius 1 is 0.848 bits per heavy atom. The van der Waals surface area contributed by atoms with Gasteiger partial charge in [0.15, 0.2) is 0 Å². The standard InChI is InChI=1S/C21H19N2O.C19H26NSi.Ir/c1-13(2)8-15-9-19(23-10-14(15)3)18-12-22-11-17-16-6-4-5-7-20(16)24-21(17)18;1-19(2,3)13-16-12-17(15-10-8-7-9-11-15)20-14-18(16)21(4,5)6;/h4-7,9-11,13H,8H2,1-3H3;7-10,12,14H,13H2,1-6H3;/q2*-1;. The Labute approximate surface area is 289 Å². The molecular weight excluding hydrogens is 759 g/mol. The molecule has 6 aromatic rings. The molecule has 0 spiro atoms. The Bertz CT molecular complexity index is 1920. The topological polar surface area (TPSA) is 51.8 Å². The maximum Gasteiger partial charge on any atom is 0.121 e. The van der Waals surface area contributed by atoms with Crippen LogP contribution in [0.15, 0.2) is 83.7 Å². The monoisotopic (exact) mass is 804 g/mol. The van der Waals surface area contributed by atoms with Crippen LogP contribution in [0.4, 0.5) is 0 Å². The van der Waals surface area contributed by atoms with Crippen LogP contribution in [-0.4, -0.2) is 23.0 Å². The van der Waals surface area contributed by atoms with Gasteiger partial charge in [0.25, 0.3) is 0 Å². The van der Waals surface area contributed by atoms with Crippen molar-refractivity contribution in [2.24, 2.45) is 11.3 Å². The first-order chi connectivity index (χ1) is 21.3. The number of benzene rings is 2. The molecule has 0 unspecified atom stereocenters. The molecule has 4 nitrogen and oxygen atoms in total. The second-order valence-corrected chi connectivity index (χ2v) is 19.7. The van der Waals surface area contributed by atoms with Crippen LogP contribution in [0.2, 0.25) is 19.6 Å². The number of aryl methyl sites for hydroxylation is 1. The fraction of sp³-hybridized carbons (Fsp3) is 0.325. The molecule has 1 radical (unpaired) electrons. The van der Waals surface area contributed by atoms with Crippen molar-refractivity contribution in [2.45, 2.75) is 74.0 Å². The van der Waals surface area contributed by atoms with E-state index in [2.05, 4.69) is 114 Å². The summed E-state index contributed by atoms with van der Waals surface area (Å²) in [6, 6.07) is 23.8. The summed E-state index contributed by atoms with van der Waals surface area (Å²) in [7, 11) is -1.37. The van der Waals surface area contributed by atoms with E-state index < -0.39 is 8.07 Å². The summed E-state index contributed by atoms with van der Waals surface area (Å²) in [5, 5.41) is 3.56. The van der Waals surface area contributed by atoms with E-state index in [0.29, 0.717) is 5.92 Å². The van der Waals surface area contributed by atoms with Crippen molar-refractivity contribution in [2.75, 3.05) is 0 Å². The molecule has 0 N–H and O–H groups in total. The molecule has 6 heteroatoms. The number of nitrogens with zero attached hydrogens (tertiary/aromatic N) is 3. The Morgan fingerprint density at radius 2 is 1.54 bits per heavy atom. The van der Waals surface area contributed by atoms with Gasteiger partial charge in [-0.15, -0.1) is 35.9 Å². The molecule has 0 saturated carbocycles. The third kappa shape index (κ3) is 8.47. The Balaban J connectivity index is 0.000000207. The van der Waals surface area contributed by atoms with E-state index in [1.807, 2.05) is 48.8 Å². The molecule has 0 aliphatic heterocycles. The van der Waals surface area contributed by atoms with Gasteiger partial charge in [-0.3, -0.25) is 0 Å². The molecule has 2 aromatic carbocycles. The second-order valence-electron chi connectivity index (χ2n) is 14.7. The summed E-state index contributed by atoms with van der Waals surface area (Å²) in [5.41, 5.74) is 9.77. The number of hydrogen-bond donors (Lipinski definition) is 0. The molecule has 4 heterocycles. The first-order valence-corrected chi connectivity index (χ1v) is 19.4. The van der Waals surface area contributed by atoms with E-state index in [4.69, 9.17) is 9.40 Å². The quantitative estimate of drug-likeness (QED) is 0.124. The van der Waals surface area contributed by atoms with Crippen LogP contribution in [0, 0.1) is 30.5 Å². The van der Waals surface area contributed by atoms with E-state index >= 15 is 0 Å². The van der Waals surface area contributed by atoms with E-state index in [9.17, 15) is 0 Å². The van der Waals surface area contributed by atoms with Gasteiger partial charge in [-0.25, -0.2) is 0 Å². The predicted molar refractivity (Wildman–Crippen MR) is 192 cm³/mol. The van der Waals surface area contributed by atoms with Gasteiger partial charge in [0.1, 0.15) is 5.58 Å². The van der Waals surface area contributed by atoms with Crippen molar-refractivity contribution in [1.29, 1.82) is 0 Å². The minimum absolute atomic E-state index is 0. The molecule has 0 fully saturated rings. The van der Waals surface area contributed by atoms with Crippen LogP contribution >= 0.6 is 0 Å². The van der Waals surface area contributed by atoms with Crippen molar-refractivity contribution in [3.8, 4) is 22.5 Å². The van der Waals surface area contributed by atoms with E-state index in [1.165, 1.54) is 21.9 Å². The molecule has 0 bridgehead atoms. The van der Waals surface area contributed by atoms with Crippen LogP contribution in [0.3, 0.4) is 0 Å². The van der Waals surface area contributed by atoms with Crippen molar-refractivity contribution >= 4 is 35.2 Å². The van der Waals surface area contributed by atoms with Crippen LogP contribution in [0.5, 0.6) is 0 Å². The van der Waals surface area contributed by atoms with Gasteiger partial charge < -0.3 is 19.4 Å². The summed E-state index contributed by atoms with van der Waals surface area (Å²) in [4.78, 5) is 13.6. The van der Waals surface area contributed by atoms with E-state index in [-0.39, 0.29) is 25.5 Å². The number of pyridine rings is 3. The van der Waals surface area contributed by atoms with Gasteiger partial charge in [0.05, 0.1) is 13.7 Å². The zero-order valence-corrected chi connectivity index (χ0v) is 32.0. The molecule has 6 rings (SSSR count). The summed E-state index contributed by atoms with van der Waals surface area (Å²) < 4.78 is 6.08. The number of aromatic nitrogens is 3. The summed E-state index contributed by atoms with van der Waals surface area (Å²) in [6.45, 7) is 20.7. The molecule has 0 amide bonds. The molecule has 0 aliphatic carbocycles. The Morgan fingerprint density at radius 3 is 2.22 bits per heavy atom. The smallest absolute Gasteiger partial charge is 0.121 e. The van der Waals surface area contributed by atoms with E-state index in [1.54, 1.807) is 0 Å². The van der Waals surface area contributed by atoms with E-state index in [0.717, 1.165) is 57.3 Å². The van der Waals surface area contributed by atoms with Crippen LogP contribution in [0.25, 0.3) is 44.5 Å². The number of hydrogen-bond acceptors (Lipinski definition) is 4. The van der Waals surface area contributed by atoms with Crippen molar-refractivity contribution < 1.29 is 24.5 Å². The van der Waals surface area contributed by atoms with Gasteiger partial charge in [0.2, 0.25) is 0 Å². The zero-order chi connectivity index (χ0) is 32.4. The zero-order valence-electron chi connectivity index (χ0n) is 28.6. The fourth-order valence-corrected chi connectivity index (χ4v) is 7.29. The number of para-hydroxylation sites is 1. The first kappa shape index (κ1) is 35.4. The maximum absolute atomic E-state index is 6.08. The third-order valence-electron chi connectivity index (χ3n) is 7.83. The summed E-state index contributed by atoms with van der Waals surface area (Å²) in [6.07, 6.45) is 11.1. The molecule has 0 saturated heterocycles. The van der Waals surface area contributed by atoms with Crippen molar-refractivity contribution in [3.05, 3.63) is 108 Å². The number of rotatable bonds is 6.